The Morgan fingerprint density at radius 2 is 1.52 bits per heavy atom. The number of rotatable bonds is 11. The van der Waals surface area contributed by atoms with E-state index in [9.17, 15) is 0 Å². The van der Waals surface area contributed by atoms with Crippen molar-refractivity contribution in [3.05, 3.63) is 131 Å². The van der Waals surface area contributed by atoms with E-state index in [4.69, 9.17) is 14.8 Å². The van der Waals surface area contributed by atoms with Gasteiger partial charge in [-0.1, -0.05) is 103 Å². The minimum absolute atomic E-state index is 0. The number of aromatic nitrogens is 4. The molecule has 0 saturated heterocycles. The maximum absolute atomic E-state index is 6.74. The number of fused-ring (bicyclic) bond motifs is 3. The minimum Gasteiger partial charge on any atom is -0.509 e. The molecule has 0 fully saturated rings. The first kappa shape index (κ1) is 41.2. The van der Waals surface area contributed by atoms with Crippen LogP contribution in [-0.4, -0.2) is 19.3 Å². The van der Waals surface area contributed by atoms with Crippen LogP contribution in [0.15, 0.2) is 91.1 Å². The third-order valence-corrected chi connectivity index (χ3v) is 10.8. The van der Waals surface area contributed by atoms with Crippen molar-refractivity contribution in [1.82, 2.24) is 19.3 Å². The van der Waals surface area contributed by atoms with Gasteiger partial charge in [0.25, 0.3) is 0 Å². The van der Waals surface area contributed by atoms with E-state index in [2.05, 4.69) is 153 Å². The van der Waals surface area contributed by atoms with Gasteiger partial charge in [-0.05, 0) is 109 Å². The molecule has 5 nitrogen and oxygen atoms in total. The van der Waals surface area contributed by atoms with Crippen molar-refractivity contribution in [1.29, 1.82) is 0 Å². The van der Waals surface area contributed by atoms with Gasteiger partial charge in [-0.25, -0.2) is 4.98 Å². The van der Waals surface area contributed by atoms with Gasteiger partial charge in [-0.15, -0.1) is 35.7 Å². The topological polar surface area (TPSA) is 44.9 Å². The number of hydrogen-bond acceptors (Lipinski definition) is 3. The number of ether oxygens (including phenoxy) is 1. The van der Waals surface area contributed by atoms with Crippen LogP contribution in [0.1, 0.15) is 108 Å². The summed E-state index contributed by atoms with van der Waals surface area (Å²) < 4.78 is 11.0. The van der Waals surface area contributed by atoms with E-state index in [0.29, 0.717) is 22.8 Å². The van der Waals surface area contributed by atoms with Crippen molar-refractivity contribution >= 4 is 21.8 Å². The van der Waals surface area contributed by atoms with E-state index >= 15 is 0 Å². The molecule has 7 rings (SSSR count). The van der Waals surface area contributed by atoms with Crippen molar-refractivity contribution in [2.24, 2.45) is 10.8 Å². The molecular formula is C50H56N4OPt. The first-order valence-electron chi connectivity index (χ1n) is 19.9. The normalized spacial score (nSPS) is 12.6. The Kier molecular flexibility index (Phi) is 12.2. The number of aryl methyl sites for hydroxylation is 3. The summed E-state index contributed by atoms with van der Waals surface area (Å²) in [5.74, 6) is 2.62. The van der Waals surface area contributed by atoms with Crippen LogP contribution in [0.3, 0.4) is 0 Å². The number of nitrogens with zero attached hydrogens (tertiary/aromatic N) is 4. The fraction of sp³-hybridized carbons (Fsp3) is 0.360. The van der Waals surface area contributed by atoms with E-state index < -0.39 is 0 Å². The molecule has 0 N–H and O–H groups in total. The molecule has 1 atom stereocenters. The monoisotopic (exact) mass is 923 g/mol. The maximum atomic E-state index is 6.74. The van der Waals surface area contributed by atoms with Gasteiger partial charge in [0.05, 0.1) is 5.69 Å². The third-order valence-electron chi connectivity index (χ3n) is 10.8. The molecule has 0 saturated carbocycles. The van der Waals surface area contributed by atoms with Crippen LogP contribution in [0.4, 0.5) is 0 Å². The average Bonchev–Trinajstić information content (AvgIpc) is 3.62. The van der Waals surface area contributed by atoms with Crippen LogP contribution in [0.25, 0.3) is 44.4 Å². The molecule has 3 heterocycles. The van der Waals surface area contributed by atoms with Gasteiger partial charge in [0.1, 0.15) is 5.82 Å². The first-order valence-corrected chi connectivity index (χ1v) is 19.9. The van der Waals surface area contributed by atoms with Gasteiger partial charge in [0, 0.05) is 34.5 Å². The summed E-state index contributed by atoms with van der Waals surface area (Å²) in [5, 5.41) is 7.37. The Labute approximate surface area is 348 Å². The summed E-state index contributed by atoms with van der Waals surface area (Å²) in [6.07, 6.45) is 7.46. The molecule has 0 amide bonds. The molecule has 292 valence electrons. The smallest absolute Gasteiger partial charge is 0.509 e. The molecule has 0 aliphatic carbocycles. The second-order valence-electron chi connectivity index (χ2n) is 18.0. The summed E-state index contributed by atoms with van der Waals surface area (Å²) in [6, 6.07) is 37.5. The molecule has 0 spiro atoms. The molecule has 3 aromatic heterocycles. The summed E-state index contributed by atoms with van der Waals surface area (Å²) in [4.78, 5) is 4.84. The van der Waals surface area contributed by atoms with Crippen LogP contribution >= 0.6 is 0 Å². The van der Waals surface area contributed by atoms with E-state index in [0.717, 1.165) is 68.8 Å². The molecule has 1 unspecified atom stereocenters. The predicted octanol–water partition coefficient (Wildman–Crippen LogP) is 13.6. The molecule has 56 heavy (non-hydrogen) atoms. The van der Waals surface area contributed by atoms with E-state index in [1.165, 1.54) is 35.8 Å². The van der Waals surface area contributed by atoms with Gasteiger partial charge in [-0.2, -0.15) is 16.7 Å². The third kappa shape index (κ3) is 9.21. The van der Waals surface area contributed by atoms with Gasteiger partial charge < -0.3 is 9.30 Å². The minimum atomic E-state index is 0. The molecule has 0 aliphatic rings. The largest absolute Gasteiger partial charge is 2.00 e. The Bertz CT molecular complexity index is 2460. The zero-order valence-corrected chi connectivity index (χ0v) is 37.1. The number of hydrogen-bond donors (Lipinski definition) is 0. The van der Waals surface area contributed by atoms with Gasteiger partial charge >= 0.3 is 21.1 Å². The van der Waals surface area contributed by atoms with Crippen LogP contribution in [0, 0.1) is 43.7 Å². The zero-order valence-electron chi connectivity index (χ0n) is 34.8. The van der Waals surface area contributed by atoms with Crippen molar-refractivity contribution in [2.75, 3.05) is 0 Å². The fourth-order valence-electron chi connectivity index (χ4n) is 7.73. The fourth-order valence-corrected chi connectivity index (χ4v) is 7.73. The molecular weight excluding hydrogens is 868 g/mol. The molecule has 4 aromatic carbocycles. The summed E-state index contributed by atoms with van der Waals surface area (Å²) in [6.45, 7) is 22.5. The summed E-state index contributed by atoms with van der Waals surface area (Å²) in [5.41, 5.74) is 11.6. The van der Waals surface area contributed by atoms with Gasteiger partial charge in [0.2, 0.25) is 0 Å². The van der Waals surface area contributed by atoms with Crippen LogP contribution in [-0.2, 0) is 27.5 Å². The van der Waals surface area contributed by atoms with Crippen molar-refractivity contribution in [3.8, 4) is 34.1 Å². The molecule has 0 radical (unpaired) electrons. The van der Waals surface area contributed by atoms with Crippen molar-refractivity contribution in [3.63, 3.8) is 0 Å². The molecule has 7 aromatic rings. The Hall–Kier alpha value is -4.47. The Balaban J connectivity index is 0.00000532. The van der Waals surface area contributed by atoms with Crippen molar-refractivity contribution in [2.45, 2.75) is 107 Å². The molecule has 0 bridgehead atoms. The second-order valence-corrected chi connectivity index (χ2v) is 18.0. The quantitative estimate of drug-likeness (QED) is 0.121. The predicted molar refractivity (Wildman–Crippen MR) is 229 cm³/mol. The number of benzene rings is 4. The SMILES string of the molecule is Cc1ccnc(-n2c3[c-]c(Oc4[c-]c(-n5nc(C)c(-c6ccccc6)c5C)cc(CCC(C)(C)C)c4)ccc3c3cc(C(C)CCCC(C)(C)C)ccc32)c1.[Pt+2]. The van der Waals surface area contributed by atoms with E-state index in [-0.39, 0.29) is 26.5 Å². The second kappa shape index (κ2) is 16.6. The Morgan fingerprint density at radius 1 is 0.768 bits per heavy atom. The van der Waals surface area contributed by atoms with Gasteiger partial charge in [-0.3, -0.25) is 4.68 Å². The first-order chi connectivity index (χ1) is 26.1. The average molecular weight is 924 g/mol. The van der Waals surface area contributed by atoms with Crippen molar-refractivity contribution < 1.29 is 25.8 Å². The Morgan fingerprint density at radius 3 is 2.23 bits per heavy atom. The summed E-state index contributed by atoms with van der Waals surface area (Å²) >= 11 is 0. The number of pyridine rings is 1. The summed E-state index contributed by atoms with van der Waals surface area (Å²) in [7, 11) is 0. The molecule has 6 heteroatoms. The van der Waals surface area contributed by atoms with E-state index in [1.807, 2.05) is 29.1 Å². The zero-order chi connectivity index (χ0) is 39.1. The van der Waals surface area contributed by atoms with Gasteiger partial charge in [0.15, 0.2) is 0 Å². The standard InChI is InChI=1S/C50H56N4O.Pt/c1-33-23-26-51-47(27-33)53-45-21-18-39(34(2)15-14-24-49(5,6)7)30-44(45)43-20-19-41(32-46(43)53)55-42-29-37(22-25-50(8,9)10)28-40(31-42)54-36(4)48(35(3)52-54)38-16-12-11-13-17-38;/h11-13,16-21,23,26-30,34H,14-15,22,24-25H2,1-10H3;/q-2;+2. The maximum Gasteiger partial charge on any atom is 2.00 e. The van der Waals surface area contributed by atoms with Crippen LogP contribution < -0.4 is 4.74 Å². The molecule has 0 aliphatic heterocycles. The van der Waals surface area contributed by atoms with Crippen LogP contribution in [0.2, 0.25) is 0 Å². The van der Waals surface area contributed by atoms with Crippen LogP contribution in [0.5, 0.6) is 11.5 Å². The van der Waals surface area contributed by atoms with E-state index in [1.54, 1.807) is 0 Å².